The first-order chi connectivity index (χ1) is 13.2. The van der Waals surface area contributed by atoms with E-state index in [4.69, 9.17) is 4.74 Å². The number of para-hydroxylation sites is 1. The fourth-order valence-corrected chi connectivity index (χ4v) is 3.19. The summed E-state index contributed by atoms with van der Waals surface area (Å²) in [7, 11) is 0. The van der Waals surface area contributed by atoms with Crippen LogP contribution in [0.25, 0.3) is 10.9 Å². The molecule has 0 bridgehead atoms. The molecule has 7 nitrogen and oxygen atoms in total. The predicted octanol–water partition coefficient (Wildman–Crippen LogP) is 2.22. The average Bonchev–Trinajstić information content (AvgIpc) is 3.11. The number of anilines is 1. The summed E-state index contributed by atoms with van der Waals surface area (Å²) in [5.41, 5.74) is 2.76. The Morgan fingerprint density at radius 3 is 2.78 bits per heavy atom. The molecule has 7 heteroatoms. The van der Waals surface area contributed by atoms with Crippen molar-refractivity contribution in [2.45, 2.75) is 6.42 Å². The summed E-state index contributed by atoms with van der Waals surface area (Å²) in [6.45, 7) is 2.28. The zero-order chi connectivity index (χ0) is 18.6. The maximum atomic E-state index is 12.6. The van der Waals surface area contributed by atoms with Crippen LogP contribution in [0.2, 0.25) is 0 Å². The highest BCUT2D eigenvalue weighted by Crippen LogP contribution is 2.17. The van der Waals surface area contributed by atoms with Crippen LogP contribution in [0.15, 0.2) is 48.5 Å². The molecule has 0 radical (unpaired) electrons. The van der Waals surface area contributed by atoms with Crippen molar-refractivity contribution in [3.05, 3.63) is 59.8 Å². The minimum Gasteiger partial charge on any atom is -0.378 e. The van der Waals surface area contributed by atoms with Gasteiger partial charge in [0.05, 0.1) is 30.8 Å². The number of morpholine rings is 1. The van der Waals surface area contributed by atoms with Gasteiger partial charge in [0.1, 0.15) is 0 Å². The number of aromatic nitrogens is 2. The normalized spacial score (nSPS) is 14.3. The molecule has 0 spiro atoms. The molecule has 2 aromatic carbocycles. The molecule has 2 heterocycles. The highest BCUT2D eigenvalue weighted by molar-refractivity contribution is 5.98. The number of aromatic amines is 1. The van der Waals surface area contributed by atoms with Crippen molar-refractivity contribution in [3.63, 3.8) is 0 Å². The summed E-state index contributed by atoms with van der Waals surface area (Å²) in [6.07, 6.45) is 0.183. The molecule has 0 atom stereocenters. The number of hydrogen-bond acceptors (Lipinski definition) is 4. The highest BCUT2D eigenvalue weighted by atomic mass is 16.5. The molecule has 0 unspecified atom stereocenters. The van der Waals surface area contributed by atoms with Gasteiger partial charge in [-0.25, -0.2) is 0 Å². The zero-order valence-corrected chi connectivity index (χ0v) is 14.8. The summed E-state index contributed by atoms with van der Waals surface area (Å²) in [5, 5.41) is 10.9. The Hall–Kier alpha value is -3.19. The third-order valence-corrected chi connectivity index (χ3v) is 4.57. The lowest BCUT2D eigenvalue weighted by Gasteiger charge is -2.27. The van der Waals surface area contributed by atoms with Gasteiger partial charge in [-0.3, -0.25) is 14.7 Å². The van der Waals surface area contributed by atoms with E-state index in [1.54, 1.807) is 29.2 Å². The van der Waals surface area contributed by atoms with E-state index in [-0.39, 0.29) is 18.2 Å². The Kier molecular flexibility index (Phi) is 4.84. The standard InChI is InChI=1S/C20H20N4O3/c25-19(13-18-16-6-1-2-7-17(16)22-23-18)21-15-5-3-4-14(12-15)20(26)24-8-10-27-11-9-24/h1-7,12H,8-11,13H2,(H,21,25)(H,22,23). The van der Waals surface area contributed by atoms with E-state index in [1.165, 1.54) is 0 Å². The Morgan fingerprint density at radius 2 is 1.93 bits per heavy atom. The number of amides is 2. The van der Waals surface area contributed by atoms with Crippen molar-refractivity contribution < 1.29 is 14.3 Å². The van der Waals surface area contributed by atoms with Crippen LogP contribution in [0.4, 0.5) is 5.69 Å². The lowest BCUT2D eigenvalue weighted by molar-refractivity contribution is -0.115. The number of ether oxygens (including phenoxy) is 1. The largest absolute Gasteiger partial charge is 0.378 e. The number of benzene rings is 2. The van der Waals surface area contributed by atoms with Gasteiger partial charge in [0.15, 0.2) is 0 Å². The summed E-state index contributed by atoms with van der Waals surface area (Å²) < 4.78 is 5.28. The van der Waals surface area contributed by atoms with Crippen molar-refractivity contribution in [2.75, 3.05) is 31.6 Å². The Bertz CT molecular complexity index is 976. The summed E-state index contributed by atoms with van der Waals surface area (Å²) in [5.74, 6) is -0.214. The Balaban J connectivity index is 1.44. The summed E-state index contributed by atoms with van der Waals surface area (Å²) in [4.78, 5) is 26.8. The van der Waals surface area contributed by atoms with Gasteiger partial charge in [-0.15, -0.1) is 0 Å². The van der Waals surface area contributed by atoms with Gasteiger partial charge in [-0.2, -0.15) is 5.10 Å². The van der Waals surface area contributed by atoms with Gasteiger partial charge in [-0.05, 0) is 24.3 Å². The molecule has 0 saturated carbocycles. The van der Waals surface area contributed by atoms with Crippen molar-refractivity contribution >= 4 is 28.4 Å². The first-order valence-corrected chi connectivity index (χ1v) is 8.89. The van der Waals surface area contributed by atoms with Crippen LogP contribution in [-0.2, 0) is 16.0 Å². The smallest absolute Gasteiger partial charge is 0.254 e. The van der Waals surface area contributed by atoms with E-state index in [9.17, 15) is 9.59 Å². The molecule has 1 saturated heterocycles. The third-order valence-electron chi connectivity index (χ3n) is 4.57. The molecular formula is C20H20N4O3. The van der Waals surface area contributed by atoms with Gasteiger partial charge < -0.3 is 15.0 Å². The molecule has 4 rings (SSSR count). The molecule has 3 aromatic rings. The van der Waals surface area contributed by atoms with Crippen LogP contribution in [0.1, 0.15) is 16.1 Å². The van der Waals surface area contributed by atoms with Gasteiger partial charge in [0, 0.05) is 29.7 Å². The summed E-state index contributed by atoms with van der Waals surface area (Å²) >= 11 is 0. The third kappa shape index (κ3) is 3.83. The number of rotatable bonds is 4. The first kappa shape index (κ1) is 17.2. The van der Waals surface area contributed by atoms with Crippen molar-refractivity contribution in [1.29, 1.82) is 0 Å². The number of carbonyl (C=O) groups excluding carboxylic acids is 2. The maximum absolute atomic E-state index is 12.6. The number of H-pyrrole nitrogens is 1. The van der Waals surface area contributed by atoms with Crippen LogP contribution in [0.5, 0.6) is 0 Å². The second-order valence-electron chi connectivity index (χ2n) is 6.43. The Labute approximate surface area is 156 Å². The summed E-state index contributed by atoms with van der Waals surface area (Å²) in [6, 6.07) is 14.7. The molecular weight excluding hydrogens is 344 g/mol. The predicted molar refractivity (Wildman–Crippen MR) is 102 cm³/mol. The lowest BCUT2D eigenvalue weighted by atomic mass is 10.1. The fourth-order valence-electron chi connectivity index (χ4n) is 3.19. The molecule has 27 heavy (non-hydrogen) atoms. The number of nitrogens with zero attached hydrogens (tertiary/aromatic N) is 2. The minimum atomic E-state index is -0.166. The Morgan fingerprint density at radius 1 is 1.11 bits per heavy atom. The van der Waals surface area contributed by atoms with Crippen LogP contribution in [-0.4, -0.2) is 53.2 Å². The second kappa shape index (κ2) is 7.59. The van der Waals surface area contributed by atoms with Crippen LogP contribution < -0.4 is 5.32 Å². The maximum Gasteiger partial charge on any atom is 0.254 e. The van der Waals surface area contributed by atoms with Crippen LogP contribution in [0, 0.1) is 0 Å². The number of carbonyl (C=O) groups is 2. The van der Waals surface area contributed by atoms with Crippen molar-refractivity contribution in [1.82, 2.24) is 15.1 Å². The molecule has 0 aliphatic carbocycles. The molecule has 1 aliphatic rings. The van der Waals surface area contributed by atoms with E-state index in [2.05, 4.69) is 15.5 Å². The monoisotopic (exact) mass is 364 g/mol. The van der Waals surface area contributed by atoms with Gasteiger partial charge in [-0.1, -0.05) is 24.3 Å². The van der Waals surface area contributed by atoms with Crippen LogP contribution in [0.3, 0.4) is 0 Å². The fraction of sp³-hybridized carbons (Fsp3) is 0.250. The molecule has 1 fully saturated rings. The average molecular weight is 364 g/mol. The topological polar surface area (TPSA) is 87.3 Å². The second-order valence-corrected chi connectivity index (χ2v) is 6.43. The van der Waals surface area contributed by atoms with E-state index >= 15 is 0 Å². The quantitative estimate of drug-likeness (QED) is 0.743. The molecule has 2 N–H and O–H groups in total. The first-order valence-electron chi connectivity index (χ1n) is 8.89. The molecule has 138 valence electrons. The number of nitrogens with one attached hydrogen (secondary N) is 2. The van der Waals surface area contributed by atoms with E-state index in [0.717, 1.165) is 16.6 Å². The van der Waals surface area contributed by atoms with Crippen molar-refractivity contribution in [2.24, 2.45) is 0 Å². The van der Waals surface area contributed by atoms with E-state index in [0.29, 0.717) is 37.6 Å². The van der Waals surface area contributed by atoms with E-state index in [1.807, 2.05) is 24.3 Å². The SMILES string of the molecule is O=C(Cc1[nH]nc2ccccc12)Nc1cccc(C(=O)N2CCOCC2)c1. The number of hydrogen-bond donors (Lipinski definition) is 2. The van der Waals surface area contributed by atoms with Gasteiger partial charge in [0.25, 0.3) is 5.91 Å². The lowest BCUT2D eigenvalue weighted by Crippen LogP contribution is -2.40. The van der Waals surface area contributed by atoms with Crippen molar-refractivity contribution in [3.8, 4) is 0 Å². The molecule has 1 aliphatic heterocycles. The van der Waals surface area contributed by atoms with Gasteiger partial charge >= 0.3 is 0 Å². The van der Waals surface area contributed by atoms with Crippen LogP contribution >= 0.6 is 0 Å². The zero-order valence-electron chi connectivity index (χ0n) is 14.8. The molecule has 2 amide bonds. The van der Waals surface area contributed by atoms with Gasteiger partial charge in [0.2, 0.25) is 5.91 Å². The van der Waals surface area contributed by atoms with E-state index < -0.39 is 0 Å². The highest BCUT2D eigenvalue weighted by Gasteiger charge is 2.19. The molecule has 1 aromatic heterocycles. The number of fused-ring (bicyclic) bond motifs is 1. The minimum absolute atomic E-state index is 0.0473.